The summed E-state index contributed by atoms with van der Waals surface area (Å²) in [6, 6.07) is 4.98. The van der Waals surface area contributed by atoms with Crippen LogP contribution in [0.5, 0.6) is 0 Å². The van der Waals surface area contributed by atoms with Crippen molar-refractivity contribution in [2.24, 2.45) is 11.8 Å². The van der Waals surface area contributed by atoms with Crippen molar-refractivity contribution in [3.8, 4) is 0 Å². The fraction of sp³-hybridized carbons (Fsp3) is 0.435. The number of halogens is 2. The highest BCUT2D eigenvalue weighted by Gasteiger charge is 2.47. The third-order valence-corrected chi connectivity index (χ3v) is 6.32. The van der Waals surface area contributed by atoms with Gasteiger partial charge in [-0.05, 0) is 50.8 Å². The van der Waals surface area contributed by atoms with Crippen molar-refractivity contribution in [2.75, 3.05) is 7.11 Å². The second-order valence-corrected chi connectivity index (χ2v) is 8.98. The first-order chi connectivity index (χ1) is 14.6. The highest BCUT2D eigenvalue weighted by Crippen LogP contribution is 2.46. The molecule has 6 nitrogen and oxygen atoms in total. The van der Waals surface area contributed by atoms with Gasteiger partial charge < -0.3 is 14.8 Å². The van der Waals surface area contributed by atoms with Gasteiger partial charge in [-0.1, -0.05) is 36.2 Å². The maximum Gasteiger partial charge on any atom is 0.337 e. The summed E-state index contributed by atoms with van der Waals surface area (Å²) in [6.45, 7) is 7.11. The van der Waals surface area contributed by atoms with E-state index in [1.807, 2.05) is 6.92 Å². The first-order valence-corrected chi connectivity index (χ1v) is 10.8. The summed E-state index contributed by atoms with van der Waals surface area (Å²) >= 11 is 12.4. The van der Waals surface area contributed by atoms with Crippen LogP contribution in [0.2, 0.25) is 10.0 Å². The van der Waals surface area contributed by atoms with E-state index >= 15 is 0 Å². The zero-order valence-corrected chi connectivity index (χ0v) is 19.6. The van der Waals surface area contributed by atoms with Crippen molar-refractivity contribution >= 4 is 40.9 Å². The van der Waals surface area contributed by atoms with E-state index in [1.54, 1.807) is 39.0 Å². The van der Waals surface area contributed by atoms with E-state index in [9.17, 15) is 14.4 Å². The first-order valence-electron chi connectivity index (χ1n) is 10.1. The molecule has 0 unspecified atom stereocenters. The molecule has 1 heterocycles. The Labute approximate surface area is 191 Å². The Balaban J connectivity index is 2.21. The van der Waals surface area contributed by atoms with Crippen molar-refractivity contribution in [2.45, 2.75) is 46.1 Å². The van der Waals surface area contributed by atoms with Crippen LogP contribution in [0, 0.1) is 11.8 Å². The molecule has 0 fully saturated rings. The summed E-state index contributed by atoms with van der Waals surface area (Å²) < 4.78 is 10.4. The fourth-order valence-electron chi connectivity index (χ4n) is 4.25. The van der Waals surface area contributed by atoms with E-state index in [1.165, 1.54) is 7.11 Å². The second kappa shape index (κ2) is 9.05. The standard InChI is InChI=1S/C23H25Cl2NO5/c1-10(2)31-23(29)18-12(4)26-16-8-11(3)17(22(28)30-5)21(27)20(16)19(18)13-6-7-14(24)15(25)9-13/h6-7,9-11,17,19,26H,8H2,1-5H3/t11-,17+,19+/m1/s1. The number of hydrogen-bond donors (Lipinski definition) is 1. The van der Waals surface area contributed by atoms with E-state index in [2.05, 4.69) is 5.32 Å². The molecule has 0 radical (unpaired) electrons. The van der Waals surface area contributed by atoms with Gasteiger partial charge in [0, 0.05) is 22.9 Å². The Bertz CT molecular complexity index is 1010. The van der Waals surface area contributed by atoms with Crippen molar-refractivity contribution in [3.05, 3.63) is 56.3 Å². The monoisotopic (exact) mass is 465 g/mol. The van der Waals surface area contributed by atoms with Gasteiger partial charge in [0.05, 0.1) is 28.8 Å². The average molecular weight is 466 g/mol. The number of dihydropyridines is 1. The number of allylic oxidation sites excluding steroid dienone is 3. The summed E-state index contributed by atoms with van der Waals surface area (Å²) in [4.78, 5) is 39.0. The predicted molar refractivity (Wildman–Crippen MR) is 118 cm³/mol. The minimum Gasteiger partial charge on any atom is -0.468 e. The Morgan fingerprint density at radius 1 is 1.19 bits per heavy atom. The molecule has 1 aromatic rings. The molecular weight excluding hydrogens is 441 g/mol. The van der Waals surface area contributed by atoms with E-state index in [-0.39, 0.29) is 17.8 Å². The first kappa shape index (κ1) is 23.4. The number of benzene rings is 1. The number of rotatable bonds is 4. The Morgan fingerprint density at radius 3 is 2.45 bits per heavy atom. The van der Waals surface area contributed by atoms with Crippen LogP contribution in [0.4, 0.5) is 0 Å². The van der Waals surface area contributed by atoms with Gasteiger partial charge in [0.15, 0.2) is 5.78 Å². The van der Waals surface area contributed by atoms with Crippen LogP contribution < -0.4 is 5.32 Å². The number of nitrogens with one attached hydrogen (secondary N) is 1. The molecule has 0 bridgehead atoms. The lowest BCUT2D eigenvalue weighted by Crippen LogP contribution is -2.43. The van der Waals surface area contributed by atoms with Crippen molar-refractivity contribution in [1.29, 1.82) is 0 Å². The topological polar surface area (TPSA) is 81.7 Å². The van der Waals surface area contributed by atoms with Gasteiger partial charge in [-0.25, -0.2) is 4.79 Å². The van der Waals surface area contributed by atoms with Crippen LogP contribution in [0.1, 0.15) is 45.6 Å². The SMILES string of the molecule is COC(=O)[C@@H]1C(=O)C2=C(C[C@H]1C)NC(C)=C(C(=O)OC(C)C)[C@@H]2c1ccc(Cl)c(Cl)c1. The predicted octanol–water partition coefficient (Wildman–Crippen LogP) is 4.56. The molecule has 1 aromatic carbocycles. The minimum atomic E-state index is -0.948. The van der Waals surface area contributed by atoms with Gasteiger partial charge in [0.2, 0.25) is 0 Å². The zero-order valence-electron chi connectivity index (χ0n) is 18.0. The van der Waals surface area contributed by atoms with Crippen LogP contribution in [-0.4, -0.2) is 30.9 Å². The molecule has 1 aliphatic heterocycles. The molecule has 31 heavy (non-hydrogen) atoms. The van der Waals surface area contributed by atoms with Gasteiger partial charge in [-0.15, -0.1) is 0 Å². The van der Waals surface area contributed by atoms with Crippen LogP contribution in [0.15, 0.2) is 40.7 Å². The van der Waals surface area contributed by atoms with E-state index in [0.717, 1.165) is 0 Å². The summed E-state index contributed by atoms with van der Waals surface area (Å²) in [5.74, 6) is -3.44. The number of hydrogen-bond acceptors (Lipinski definition) is 6. The highest BCUT2D eigenvalue weighted by atomic mass is 35.5. The van der Waals surface area contributed by atoms with E-state index in [0.29, 0.717) is 44.6 Å². The number of ether oxygens (including phenoxy) is 2. The van der Waals surface area contributed by atoms with Gasteiger partial charge in [-0.2, -0.15) is 0 Å². The van der Waals surface area contributed by atoms with E-state index < -0.39 is 23.8 Å². The largest absolute Gasteiger partial charge is 0.468 e. The van der Waals surface area contributed by atoms with Gasteiger partial charge in [0.25, 0.3) is 0 Å². The maximum atomic E-state index is 13.6. The molecule has 166 valence electrons. The van der Waals surface area contributed by atoms with Crippen molar-refractivity contribution < 1.29 is 23.9 Å². The number of methoxy groups -OCH3 is 1. The maximum absolute atomic E-state index is 13.6. The highest BCUT2D eigenvalue weighted by molar-refractivity contribution is 6.42. The average Bonchev–Trinajstić information content (AvgIpc) is 2.68. The summed E-state index contributed by atoms with van der Waals surface area (Å²) in [5.41, 5.74) is 2.56. The lowest BCUT2D eigenvalue weighted by atomic mass is 9.69. The number of Topliss-reactive ketones (excluding diaryl/α,β-unsaturated/α-hetero) is 1. The molecule has 0 aromatic heterocycles. The van der Waals surface area contributed by atoms with Crippen LogP contribution in [0.3, 0.4) is 0 Å². The zero-order chi connectivity index (χ0) is 23.0. The Morgan fingerprint density at radius 2 is 1.87 bits per heavy atom. The molecule has 1 aliphatic carbocycles. The molecule has 8 heteroatoms. The lowest BCUT2D eigenvalue weighted by Gasteiger charge is -2.38. The molecule has 2 aliphatic rings. The van der Waals surface area contributed by atoms with E-state index in [4.69, 9.17) is 32.7 Å². The third kappa shape index (κ3) is 4.37. The smallest absolute Gasteiger partial charge is 0.337 e. The van der Waals surface area contributed by atoms with Crippen molar-refractivity contribution in [1.82, 2.24) is 5.32 Å². The number of esters is 2. The number of ketones is 1. The lowest BCUT2D eigenvalue weighted by molar-refractivity contribution is -0.151. The normalized spacial score (nSPS) is 23.5. The van der Waals surface area contributed by atoms with Gasteiger partial charge in [-0.3, -0.25) is 9.59 Å². The number of carbonyl (C=O) groups excluding carboxylic acids is 3. The van der Waals surface area contributed by atoms with Crippen LogP contribution in [-0.2, 0) is 23.9 Å². The van der Waals surface area contributed by atoms with Crippen molar-refractivity contribution in [3.63, 3.8) is 0 Å². The molecule has 1 N–H and O–H groups in total. The molecule has 0 spiro atoms. The Hall–Kier alpha value is -2.31. The third-order valence-electron chi connectivity index (χ3n) is 5.58. The van der Waals surface area contributed by atoms with Crippen LogP contribution in [0.25, 0.3) is 0 Å². The van der Waals surface area contributed by atoms with Gasteiger partial charge >= 0.3 is 11.9 Å². The van der Waals surface area contributed by atoms with Gasteiger partial charge in [0.1, 0.15) is 5.92 Å². The quantitative estimate of drug-likeness (QED) is 0.518. The molecule has 3 atom stereocenters. The molecule has 3 rings (SSSR count). The minimum absolute atomic E-state index is 0.252. The number of carbonyl (C=O) groups is 3. The molecule has 0 amide bonds. The second-order valence-electron chi connectivity index (χ2n) is 8.16. The Kier molecular flexibility index (Phi) is 6.82. The molecule has 0 saturated heterocycles. The molecule has 0 saturated carbocycles. The molecular formula is C23H25Cl2NO5. The van der Waals surface area contributed by atoms with Crippen LogP contribution >= 0.6 is 23.2 Å². The fourth-order valence-corrected chi connectivity index (χ4v) is 4.56. The summed E-state index contributed by atoms with van der Waals surface area (Å²) in [7, 11) is 1.26. The summed E-state index contributed by atoms with van der Waals surface area (Å²) in [5, 5.41) is 3.87. The summed E-state index contributed by atoms with van der Waals surface area (Å²) in [6.07, 6.45) is 0.116.